The molecule has 1 amide bonds. The Kier molecular flexibility index (Phi) is 4.24. The number of hydrogen-bond donors (Lipinski definition) is 1. The van der Waals surface area contributed by atoms with Crippen LogP contribution in [-0.4, -0.2) is 40.3 Å². The van der Waals surface area contributed by atoms with Crippen LogP contribution < -0.4 is 0 Å². The molecule has 19 heavy (non-hydrogen) atoms. The second-order valence-electron chi connectivity index (χ2n) is 5.25. The highest BCUT2D eigenvalue weighted by atomic mass is 16.5. The fourth-order valence-electron chi connectivity index (χ4n) is 2.80. The third-order valence-electron chi connectivity index (χ3n) is 3.99. The number of carbonyl (C=O) groups is 1. The molecule has 2 atom stereocenters. The summed E-state index contributed by atoms with van der Waals surface area (Å²) in [6, 6.07) is -0.0970. The van der Waals surface area contributed by atoms with Gasteiger partial charge < -0.3 is 14.5 Å². The Morgan fingerprint density at radius 2 is 2.16 bits per heavy atom. The summed E-state index contributed by atoms with van der Waals surface area (Å²) in [5, 5.41) is 14.0. The summed E-state index contributed by atoms with van der Waals surface area (Å²) in [5.41, 5.74) is 1.25. The highest BCUT2D eigenvalue weighted by Gasteiger charge is 2.32. The molecular weight excluding hydrogens is 244 g/mol. The lowest BCUT2D eigenvalue weighted by Crippen LogP contribution is -2.46. The van der Waals surface area contributed by atoms with Crippen molar-refractivity contribution in [3.05, 3.63) is 17.0 Å². The van der Waals surface area contributed by atoms with Gasteiger partial charge in [0.1, 0.15) is 11.3 Å². The van der Waals surface area contributed by atoms with Gasteiger partial charge in [0.15, 0.2) is 0 Å². The van der Waals surface area contributed by atoms with Gasteiger partial charge in [-0.1, -0.05) is 24.9 Å². The number of carbonyl (C=O) groups excluding carboxylic acids is 1. The normalized spacial score (nSPS) is 23.4. The van der Waals surface area contributed by atoms with Crippen molar-refractivity contribution >= 4 is 5.91 Å². The van der Waals surface area contributed by atoms with E-state index >= 15 is 0 Å². The lowest BCUT2D eigenvalue weighted by molar-refractivity contribution is 0.0266. The van der Waals surface area contributed by atoms with E-state index < -0.39 is 6.10 Å². The summed E-state index contributed by atoms with van der Waals surface area (Å²) in [6.07, 6.45) is 3.96. The predicted molar refractivity (Wildman–Crippen MR) is 71.0 cm³/mol. The number of amides is 1. The fourth-order valence-corrected chi connectivity index (χ4v) is 2.80. The van der Waals surface area contributed by atoms with Crippen molar-refractivity contribution in [2.75, 3.05) is 7.05 Å². The first-order valence-electron chi connectivity index (χ1n) is 6.96. The van der Waals surface area contributed by atoms with Crippen LogP contribution in [0.4, 0.5) is 0 Å². The molecule has 1 aromatic rings. The maximum atomic E-state index is 12.6. The first-order valence-corrected chi connectivity index (χ1v) is 6.96. The van der Waals surface area contributed by atoms with E-state index in [9.17, 15) is 9.90 Å². The second kappa shape index (κ2) is 5.74. The van der Waals surface area contributed by atoms with Crippen LogP contribution in [0.2, 0.25) is 0 Å². The molecule has 5 nitrogen and oxygen atoms in total. The molecule has 0 spiro atoms. The van der Waals surface area contributed by atoms with Gasteiger partial charge in [0.2, 0.25) is 0 Å². The maximum Gasteiger partial charge on any atom is 0.259 e. The number of nitrogens with zero attached hydrogens (tertiary/aromatic N) is 2. The van der Waals surface area contributed by atoms with E-state index in [4.69, 9.17) is 4.52 Å². The third-order valence-corrected chi connectivity index (χ3v) is 3.99. The van der Waals surface area contributed by atoms with Crippen molar-refractivity contribution in [2.45, 2.75) is 58.1 Å². The van der Waals surface area contributed by atoms with Gasteiger partial charge in [0.25, 0.3) is 5.91 Å². The SMILES string of the molecule is CCc1noc(C)c1C(=O)N(C)C1CCCCC1O. The largest absolute Gasteiger partial charge is 0.391 e. The van der Waals surface area contributed by atoms with Crippen LogP contribution in [0.5, 0.6) is 0 Å². The molecule has 106 valence electrons. The first-order chi connectivity index (χ1) is 9.06. The van der Waals surface area contributed by atoms with Gasteiger partial charge in [-0.3, -0.25) is 4.79 Å². The standard InChI is InChI=1S/C14H22N2O3/c1-4-10-13(9(2)19-15-10)14(18)16(3)11-7-5-6-8-12(11)17/h11-12,17H,4-8H2,1-3H3. The highest BCUT2D eigenvalue weighted by molar-refractivity contribution is 5.96. The van der Waals surface area contributed by atoms with Crippen molar-refractivity contribution in [2.24, 2.45) is 0 Å². The molecule has 0 radical (unpaired) electrons. The third kappa shape index (κ3) is 2.66. The number of likely N-dealkylation sites (N-methyl/N-ethyl adjacent to an activating group) is 1. The number of aromatic nitrogens is 1. The lowest BCUT2D eigenvalue weighted by Gasteiger charge is -2.35. The Bertz CT molecular complexity index is 456. The number of rotatable bonds is 3. The molecule has 1 aromatic heterocycles. The summed E-state index contributed by atoms with van der Waals surface area (Å²) < 4.78 is 5.11. The summed E-state index contributed by atoms with van der Waals surface area (Å²) in [7, 11) is 1.76. The molecule has 1 N–H and O–H groups in total. The zero-order valence-corrected chi connectivity index (χ0v) is 11.8. The maximum absolute atomic E-state index is 12.6. The molecule has 2 rings (SSSR count). The van der Waals surface area contributed by atoms with Crippen LogP contribution in [0.15, 0.2) is 4.52 Å². The minimum Gasteiger partial charge on any atom is -0.391 e. The Balaban J connectivity index is 2.20. The summed E-state index contributed by atoms with van der Waals surface area (Å²) in [4.78, 5) is 14.2. The molecule has 0 aromatic carbocycles. The molecule has 5 heteroatoms. The quantitative estimate of drug-likeness (QED) is 0.907. The van der Waals surface area contributed by atoms with Gasteiger partial charge in [-0.2, -0.15) is 0 Å². The van der Waals surface area contributed by atoms with Crippen molar-refractivity contribution in [3.8, 4) is 0 Å². The van der Waals surface area contributed by atoms with Gasteiger partial charge in [-0.05, 0) is 26.2 Å². The number of aryl methyl sites for hydroxylation is 2. The van der Waals surface area contributed by atoms with Gasteiger partial charge in [-0.25, -0.2) is 0 Å². The highest BCUT2D eigenvalue weighted by Crippen LogP contribution is 2.25. The summed E-state index contributed by atoms with van der Waals surface area (Å²) in [5.74, 6) is 0.459. The number of hydrogen-bond acceptors (Lipinski definition) is 4. The van der Waals surface area contributed by atoms with E-state index in [0.717, 1.165) is 25.7 Å². The van der Waals surface area contributed by atoms with Crippen molar-refractivity contribution in [3.63, 3.8) is 0 Å². The van der Waals surface area contributed by atoms with Gasteiger partial charge in [-0.15, -0.1) is 0 Å². The Labute approximate surface area is 113 Å². The second-order valence-corrected chi connectivity index (χ2v) is 5.25. The van der Waals surface area contributed by atoms with Gasteiger partial charge in [0.05, 0.1) is 17.8 Å². The minimum atomic E-state index is -0.423. The molecule has 1 saturated carbocycles. The van der Waals surface area contributed by atoms with Crippen LogP contribution in [0.25, 0.3) is 0 Å². The van der Waals surface area contributed by atoms with Crippen LogP contribution in [0, 0.1) is 6.92 Å². The molecule has 1 heterocycles. The predicted octanol–water partition coefficient (Wildman–Crippen LogP) is 1.92. The van der Waals surface area contributed by atoms with Gasteiger partial charge >= 0.3 is 0 Å². The number of aliphatic hydroxyl groups excluding tert-OH is 1. The first kappa shape index (κ1) is 14.1. The minimum absolute atomic E-state index is 0.0958. The van der Waals surface area contributed by atoms with E-state index in [1.807, 2.05) is 6.92 Å². The van der Waals surface area contributed by atoms with E-state index in [-0.39, 0.29) is 11.9 Å². The lowest BCUT2D eigenvalue weighted by atomic mass is 9.91. The zero-order valence-electron chi connectivity index (χ0n) is 11.8. The van der Waals surface area contributed by atoms with Crippen molar-refractivity contribution in [1.29, 1.82) is 0 Å². The summed E-state index contributed by atoms with van der Waals surface area (Å²) in [6.45, 7) is 3.70. The van der Waals surface area contributed by atoms with Gasteiger partial charge in [0, 0.05) is 7.05 Å². The average Bonchev–Trinajstić information content (AvgIpc) is 2.78. The fraction of sp³-hybridized carbons (Fsp3) is 0.714. The smallest absolute Gasteiger partial charge is 0.259 e. The van der Waals surface area contributed by atoms with E-state index in [0.29, 0.717) is 23.4 Å². The van der Waals surface area contributed by atoms with Crippen LogP contribution in [0.1, 0.15) is 54.4 Å². The van der Waals surface area contributed by atoms with Crippen LogP contribution in [-0.2, 0) is 6.42 Å². The molecular formula is C14H22N2O3. The Morgan fingerprint density at radius 1 is 1.47 bits per heavy atom. The monoisotopic (exact) mass is 266 g/mol. The molecule has 1 aliphatic rings. The molecule has 1 fully saturated rings. The topological polar surface area (TPSA) is 66.6 Å². The molecule has 0 saturated heterocycles. The zero-order chi connectivity index (χ0) is 14.0. The summed E-state index contributed by atoms with van der Waals surface area (Å²) >= 11 is 0. The molecule has 0 aliphatic heterocycles. The van der Waals surface area contributed by atoms with Crippen LogP contribution in [0.3, 0.4) is 0 Å². The average molecular weight is 266 g/mol. The molecule has 0 bridgehead atoms. The Morgan fingerprint density at radius 3 is 2.79 bits per heavy atom. The molecule has 2 unspecified atom stereocenters. The van der Waals surface area contributed by atoms with Crippen molar-refractivity contribution in [1.82, 2.24) is 10.1 Å². The van der Waals surface area contributed by atoms with E-state index in [1.165, 1.54) is 0 Å². The van der Waals surface area contributed by atoms with Crippen LogP contribution >= 0.6 is 0 Å². The Hall–Kier alpha value is -1.36. The van der Waals surface area contributed by atoms with E-state index in [2.05, 4.69) is 5.16 Å². The van der Waals surface area contributed by atoms with Crippen molar-refractivity contribution < 1.29 is 14.4 Å². The number of aliphatic hydroxyl groups is 1. The molecule has 1 aliphatic carbocycles. The van der Waals surface area contributed by atoms with E-state index in [1.54, 1.807) is 18.9 Å².